The number of carbonyl (C=O) groups is 4. The number of hydrogen-bond donors (Lipinski definition) is 2. The number of carbonyl (C=O) groups excluding carboxylic acids is 4. The minimum atomic E-state index is -0.721. The van der Waals surface area contributed by atoms with E-state index >= 15 is 0 Å². The fourth-order valence-electron chi connectivity index (χ4n) is 8.73. The molecular weight excluding hydrogens is 476 g/mol. The summed E-state index contributed by atoms with van der Waals surface area (Å²) in [5.41, 5.74) is -1.88. The lowest BCUT2D eigenvalue weighted by Crippen LogP contribution is -2.43. The molecule has 6 rings (SSSR count). The summed E-state index contributed by atoms with van der Waals surface area (Å²) in [6.45, 7) is 12.3. The molecule has 38 heavy (non-hydrogen) atoms. The lowest BCUT2D eigenvalue weighted by molar-refractivity contribution is -0.131. The number of nitrogens with one attached hydrogen (secondary N) is 2. The lowest BCUT2D eigenvalue weighted by Gasteiger charge is -2.39. The number of benzene rings is 2. The van der Waals surface area contributed by atoms with Gasteiger partial charge in [-0.05, 0) is 48.6 Å². The van der Waals surface area contributed by atoms with Gasteiger partial charge in [0, 0.05) is 45.8 Å². The first-order chi connectivity index (χ1) is 17.7. The summed E-state index contributed by atoms with van der Waals surface area (Å²) >= 11 is 0. The first kappa shape index (κ1) is 25.3. The van der Waals surface area contributed by atoms with Gasteiger partial charge in [0.05, 0.1) is 10.8 Å². The van der Waals surface area contributed by atoms with Crippen molar-refractivity contribution in [2.75, 3.05) is 10.6 Å². The van der Waals surface area contributed by atoms with E-state index in [1.807, 2.05) is 50.2 Å². The van der Waals surface area contributed by atoms with Gasteiger partial charge in [0.25, 0.3) is 0 Å². The Labute approximate surface area is 224 Å². The number of Topliss-reactive ketones (excluding diaryl/α,β-unsaturated/α-hetero) is 2. The van der Waals surface area contributed by atoms with Crippen molar-refractivity contribution in [3.05, 3.63) is 36.4 Å². The third-order valence-corrected chi connectivity index (χ3v) is 12.7. The number of hydrogen-bond acceptors (Lipinski definition) is 4. The minimum absolute atomic E-state index is 0.102. The van der Waals surface area contributed by atoms with Crippen LogP contribution in [-0.4, -0.2) is 23.4 Å². The van der Waals surface area contributed by atoms with Gasteiger partial charge in [0.15, 0.2) is 0 Å². The van der Waals surface area contributed by atoms with Crippen molar-refractivity contribution in [2.24, 2.45) is 32.5 Å². The molecule has 0 aliphatic heterocycles. The highest BCUT2D eigenvalue weighted by molar-refractivity contribution is 6.13. The van der Waals surface area contributed by atoms with Gasteiger partial charge in [0.1, 0.15) is 11.6 Å². The average Bonchev–Trinajstić information content (AvgIpc) is 3.32. The molecule has 4 unspecified atom stereocenters. The molecule has 2 aromatic carbocycles. The first-order valence-corrected chi connectivity index (χ1v) is 13.9. The second kappa shape index (κ2) is 7.34. The zero-order valence-electron chi connectivity index (χ0n) is 23.3. The summed E-state index contributed by atoms with van der Waals surface area (Å²) in [6.07, 6.45) is 3.44. The SMILES string of the molecule is CC12CCC(C(=O)Nc3cccc4c(NC(=O)C56CCC(C)(C(=O)C5)C6(C)C)cccc34)(CC1=O)C2(C)C. The molecule has 200 valence electrons. The molecule has 4 fully saturated rings. The Kier molecular flexibility index (Phi) is 4.88. The third kappa shape index (κ3) is 2.64. The van der Waals surface area contributed by atoms with Crippen LogP contribution in [0.15, 0.2) is 36.4 Å². The molecule has 2 aromatic rings. The number of amides is 2. The Morgan fingerprint density at radius 2 is 0.974 bits per heavy atom. The van der Waals surface area contributed by atoms with Gasteiger partial charge in [0.2, 0.25) is 11.8 Å². The van der Waals surface area contributed by atoms with Crippen LogP contribution in [0.4, 0.5) is 11.4 Å². The van der Waals surface area contributed by atoms with Crippen molar-refractivity contribution in [3.8, 4) is 0 Å². The summed E-state index contributed by atoms with van der Waals surface area (Å²) in [5.74, 6) is 0.161. The number of anilines is 2. The highest BCUT2D eigenvalue weighted by atomic mass is 16.2. The standard InChI is InChI=1S/C32H38N2O4/c1-27(2)29(5)13-15-31(27,17-23(29)35)25(37)33-21-11-7-10-20-19(21)9-8-12-22(20)34-26(38)32-16-14-30(6,24(36)18-32)28(32,3)4/h7-12H,13-18H2,1-6H3,(H,33,37)(H,34,38). The topological polar surface area (TPSA) is 92.3 Å². The number of rotatable bonds is 4. The fourth-order valence-corrected chi connectivity index (χ4v) is 8.73. The van der Waals surface area contributed by atoms with E-state index in [0.29, 0.717) is 24.2 Å². The van der Waals surface area contributed by atoms with E-state index in [1.54, 1.807) is 0 Å². The summed E-state index contributed by atoms with van der Waals surface area (Å²) in [7, 11) is 0. The predicted molar refractivity (Wildman–Crippen MR) is 148 cm³/mol. The van der Waals surface area contributed by atoms with Gasteiger partial charge in [-0.25, -0.2) is 0 Å². The molecule has 0 saturated heterocycles. The highest BCUT2D eigenvalue weighted by Crippen LogP contribution is 2.72. The van der Waals surface area contributed by atoms with E-state index in [2.05, 4.69) is 38.3 Å². The summed E-state index contributed by atoms with van der Waals surface area (Å²) in [5, 5.41) is 8.00. The van der Waals surface area contributed by atoms with Crippen LogP contribution in [-0.2, 0) is 19.2 Å². The smallest absolute Gasteiger partial charge is 0.231 e. The van der Waals surface area contributed by atoms with E-state index in [-0.39, 0.29) is 36.2 Å². The van der Waals surface area contributed by atoms with Crippen LogP contribution >= 0.6 is 0 Å². The van der Waals surface area contributed by atoms with Crippen molar-refractivity contribution in [2.45, 2.75) is 80.1 Å². The average molecular weight is 515 g/mol. The summed E-state index contributed by atoms with van der Waals surface area (Å²) < 4.78 is 0. The van der Waals surface area contributed by atoms with Crippen molar-refractivity contribution in [3.63, 3.8) is 0 Å². The molecule has 4 bridgehead atoms. The van der Waals surface area contributed by atoms with E-state index in [1.165, 1.54) is 0 Å². The van der Waals surface area contributed by atoms with Gasteiger partial charge in [-0.3, -0.25) is 19.2 Å². The second-order valence-electron chi connectivity index (χ2n) is 13.9. The fraction of sp³-hybridized carbons (Fsp3) is 0.562. The molecule has 0 aromatic heterocycles. The van der Waals surface area contributed by atoms with Gasteiger partial charge in [-0.1, -0.05) is 65.8 Å². The Morgan fingerprint density at radius 1 is 0.605 bits per heavy atom. The number of ketones is 2. The molecule has 4 saturated carbocycles. The van der Waals surface area contributed by atoms with Crippen molar-refractivity contribution in [1.82, 2.24) is 0 Å². The van der Waals surface area contributed by atoms with Crippen LogP contribution in [0.25, 0.3) is 10.8 Å². The Bertz CT molecular complexity index is 1350. The van der Waals surface area contributed by atoms with Gasteiger partial charge >= 0.3 is 0 Å². The minimum Gasteiger partial charge on any atom is -0.325 e. The number of fused-ring (bicyclic) bond motifs is 5. The highest BCUT2D eigenvalue weighted by Gasteiger charge is 2.73. The molecular formula is C32H38N2O4. The molecule has 2 N–H and O–H groups in total. The molecule has 4 atom stereocenters. The first-order valence-electron chi connectivity index (χ1n) is 13.9. The quantitative estimate of drug-likeness (QED) is 0.502. The maximum Gasteiger partial charge on any atom is 0.231 e. The van der Waals surface area contributed by atoms with Crippen molar-refractivity contribution < 1.29 is 19.2 Å². The zero-order valence-corrected chi connectivity index (χ0v) is 23.3. The summed E-state index contributed by atoms with van der Waals surface area (Å²) in [4.78, 5) is 53.5. The Balaban J connectivity index is 1.32. The van der Waals surface area contributed by atoms with Crippen LogP contribution in [0.2, 0.25) is 0 Å². The molecule has 0 radical (unpaired) electrons. The molecule has 0 heterocycles. The summed E-state index contributed by atoms with van der Waals surface area (Å²) in [6, 6.07) is 11.4. The van der Waals surface area contributed by atoms with Crippen molar-refractivity contribution in [1.29, 1.82) is 0 Å². The third-order valence-electron chi connectivity index (χ3n) is 12.7. The van der Waals surface area contributed by atoms with Crippen LogP contribution < -0.4 is 10.6 Å². The zero-order chi connectivity index (χ0) is 27.5. The van der Waals surface area contributed by atoms with Gasteiger partial charge in [-0.2, -0.15) is 0 Å². The molecule has 2 amide bonds. The maximum atomic E-state index is 13.8. The lowest BCUT2D eigenvalue weighted by atomic mass is 9.64. The van der Waals surface area contributed by atoms with Crippen LogP contribution in [0.3, 0.4) is 0 Å². The predicted octanol–water partition coefficient (Wildman–Crippen LogP) is 6.29. The van der Waals surface area contributed by atoms with E-state index < -0.39 is 32.5 Å². The van der Waals surface area contributed by atoms with Crippen LogP contribution in [0.1, 0.15) is 80.1 Å². The Hall–Kier alpha value is -3.02. The van der Waals surface area contributed by atoms with E-state index in [9.17, 15) is 19.2 Å². The van der Waals surface area contributed by atoms with Crippen LogP contribution in [0.5, 0.6) is 0 Å². The Morgan fingerprint density at radius 3 is 1.26 bits per heavy atom. The van der Waals surface area contributed by atoms with Crippen LogP contribution in [0, 0.1) is 32.5 Å². The van der Waals surface area contributed by atoms with E-state index in [4.69, 9.17) is 0 Å². The molecule has 4 aliphatic rings. The van der Waals surface area contributed by atoms with Gasteiger partial charge < -0.3 is 10.6 Å². The molecule has 4 aliphatic carbocycles. The normalized spacial score (nSPS) is 36.2. The van der Waals surface area contributed by atoms with E-state index in [0.717, 1.165) is 23.6 Å². The monoisotopic (exact) mass is 514 g/mol. The van der Waals surface area contributed by atoms with Gasteiger partial charge in [-0.15, -0.1) is 0 Å². The van der Waals surface area contributed by atoms with Crippen molar-refractivity contribution >= 4 is 45.5 Å². The largest absolute Gasteiger partial charge is 0.325 e. The molecule has 0 spiro atoms. The second-order valence-corrected chi connectivity index (χ2v) is 13.9. The maximum absolute atomic E-state index is 13.8. The molecule has 6 heteroatoms. The molecule has 6 nitrogen and oxygen atoms in total.